The number of aryl methyl sites for hydroxylation is 1. The van der Waals surface area contributed by atoms with Gasteiger partial charge in [-0.05, 0) is 43.3 Å². The molecule has 19 heavy (non-hydrogen) atoms. The van der Waals surface area contributed by atoms with Crippen LogP contribution >= 0.6 is 11.6 Å². The molecule has 1 atom stereocenters. The fourth-order valence-electron chi connectivity index (χ4n) is 2.24. The van der Waals surface area contributed by atoms with Crippen molar-refractivity contribution in [2.75, 3.05) is 7.05 Å². The molecule has 0 saturated heterocycles. The van der Waals surface area contributed by atoms with Crippen molar-refractivity contribution >= 4 is 11.6 Å². The lowest BCUT2D eigenvalue weighted by Gasteiger charge is -2.17. The second-order valence-electron chi connectivity index (χ2n) is 4.43. The van der Waals surface area contributed by atoms with E-state index < -0.39 is 0 Å². The summed E-state index contributed by atoms with van der Waals surface area (Å²) in [7, 11) is 1.88. The van der Waals surface area contributed by atoms with Crippen molar-refractivity contribution in [1.29, 1.82) is 0 Å². The predicted molar refractivity (Wildman–Crippen MR) is 75.0 cm³/mol. The molecule has 0 fully saturated rings. The largest absolute Gasteiger partial charge is 0.469 e. The van der Waals surface area contributed by atoms with Crippen LogP contribution in [0.15, 0.2) is 34.9 Å². The number of rotatable bonds is 5. The molecule has 0 amide bonds. The average Bonchev–Trinajstić information content (AvgIpc) is 2.88. The van der Waals surface area contributed by atoms with E-state index in [2.05, 4.69) is 5.32 Å². The lowest BCUT2D eigenvalue weighted by atomic mass is 9.98. The molecule has 1 unspecified atom stereocenters. The molecule has 4 heteroatoms. The van der Waals surface area contributed by atoms with Crippen molar-refractivity contribution in [2.45, 2.75) is 25.8 Å². The molecule has 1 N–H and O–H groups in total. The van der Waals surface area contributed by atoms with Crippen molar-refractivity contribution in [2.24, 2.45) is 0 Å². The highest BCUT2D eigenvalue weighted by atomic mass is 35.5. The number of hydrogen-bond donors (Lipinski definition) is 1. The maximum absolute atomic E-state index is 13.3. The molecule has 2 rings (SSSR count). The lowest BCUT2D eigenvalue weighted by molar-refractivity contribution is 0.495. The zero-order chi connectivity index (χ0) is 13.8. The Bertz CT molecular complexity index is 553. The maximum Gasteiger partial charge on any atom is 0.123 e. The Hall–Kier alpha value is -1.32. The molecule has 0 bridgehead atoms. The zero-order valence-electron chi connectivity index (χ0n) is 11.0. The van der Waals surface area contributed by atoms with Crippen LogP contribution in [0.25, 0.3) is 0 Å². The molecular formula is C15H17ClFNO. The summed E-state index contributed by atoms with van der Waals surface area (Å²) in [4.78, 5) is 0. The molecule has 0 aliphatic rings. The molecule has 0 aliphatic carbocycles. The Labute approximate surface area is 117 Å². The Kier molecular flexibility index (Phi) is 4.61. The Morgan fingerprint density at radius 3 is 2.84 bits per heavy atom. The van der Waals surface area contributed by atoms with Crippen LogP contribution in [-0.2, 0) is 12.8 Å². The number of benzene rings is 1. The molecule has 102 valence electrons. The van der Waals surface area contributed by atoms with E-state index in [0.29, 0.717) is 11.4 Å². The van der Waals surface area contributed by atoms with Crippen LogP contribution in [0.1, 0.15) is 29.9 Å². The minimum absolute atomic E-state index is 0.0630. The summed E-state index contributed by atoms with van der Waals surface area (Å²) < 4.78 is 18.7. The zero-order valence-corrected chi connectivity index (χ0v) is 11.8. The summed E-state index contributed by atoms with van der Waals surface area (Å²) in [6, 6.07) is 6.46. The van der Waals surface area contributed by atoms with Crippen LogP contribution in [0.2, 0.25) is 5.02 Å². The van der Waals surface area contributed by atoms with Gasteiger partial charge in [0.2, 0.25) is 0 Å². The highest BCUT2D eigenvalue weighted by Crippen LogP contribution is 2.27. The second-order valence-corrected chi connectivity index (χ2v) is 4.84. The van der Waals surface area contributed by atoms with E-state index in [-0.39, 0.29) is 11.9 Å². The van der Waals surface area contributed by atoms with Crippen LogP contribution < -0.4 is 5.32 Å². The van der Waals surface area contributed by atoms with Crippen molar-refractivity contribution in [3.8, 4) is 0 Å². The van der Waals surface area contributed by atoms with E-state index >= 15 is 0 Å². The standard InChI is InChI=1S/C15H17ClFNO/c1-3-15-12(6-7-19-15)14(18-2)9-10-8-11(17)4-5-13(10)16/h4-8,14,18H,3,9H2,1-2H3. The van der Waals surface area contributed by atoms with E-state index in [4.69, 9.17) is 16.0 Å². The summed E-state index contributed by atoms with van der Waals surface area (Å²) in [6.45, 7) is 2.05. The number of hydrogen-bond acceptors (Lipinski definition) is 2. The number of furan rings is 1. The maximum atomic E-state index is 13.3. The number of halogens is 2. The average molecular weight is 282 g/mol. The number of nitrogens with one attached hydrogen (secondary N) is 1. The second kappa shape index (κ2) is 6.22. The third kappa shape index (κ3) is 3.17. The lowest BCUT2D eigenvalue weighted by Crippen LogP contribution is -2.19. The van der Waals surface area contributed by atoms with E-state index in [1.54, 1.807) is 12.3 Å². The Balaban J connectivity index is 2.26. The van der Waals surface area contributed by atoms with Gasteiger partial charge in [0.05, 0.1) is 6.26 Å². The fraction of sp³-hybridized carbons (Fsp3) is 0.333. The van der Waals surface area contributed by atoms with Gasteiger partial charge in [0.25, 0.3) is 0 Å². The molecule has 0 aliphatic heterocycles. The van der Waals surface area contributed by atoms with Crippen LogP contribution in [-0.4, -0.2) is 7.05 Å². The smallest absolute Gasteiger partial charge is 0.123 e. The van der Waals surface area contributed by atoms with Gasteiger partial charge >= 0.3 is 0 Å². The van der Waals surface area contributed by atoms with Crippen LogP contribution in [0, 0.1) is 5.82 Å². The van der Waals surface area contributed by atoms with Crippen LogP contribution in [0.3, 0.4) is 0 Å². The van der Waals surface area contributed by atoms with Crippen molar-refractivity contribution in [1.82, 2.24) is 5.32 Å². The van der Waals surface area contributed by atoms with E-state index in [1.807, 2.05) is 20.0 Å². The topological polar surface area (TPSA) is 25.2 Å². The van der Waals surface area contributed by atoms with Gasteiger partial charge in [-0.3, -0.25) is 0 Å². The highest BCUT2D eigenvalue weighted by molar-refractivity contribution is 6.31. The Morgan fingerprint density at radius 1 is 1.37 bits per heavy atom. The van der Waals surface area contributed by atoms with Gasteiger partial charge in [0.1, 0.15) is 11.6 Å². The van der Waals surface area contributed by atoms with E-state index in [9.17, 15) is 4.39 Å². The molecule has 1 aromatic heterocycles. The predicted octanol–water partition coefficient (Wildman–Crippen LogP) is 4.14. The molecule has 1 heterocycles. The summed E-state index contributed by atoms with van der Waals surface area (Å²) >= 11 is 6.11. The van der Waals surface area contributed by atoms with Gasteiger partial charge in [-0.15, -0.1) is 0 Å². The van der Waals surface area contributed by atoms with Gasteiger partial charge in [-0.1, -0.05) is 18.5 Å². The van der Waals surface area contributed by atoms with E-state index in [1.165, 1.54) is 12.1 Å². The van der Waals surface area contributed by atoms with Gasteiger partial charge in [0.15, 0.2) is 0 Å². The quantitative estimate of drug-likeness (QED) is 0.891. The molecular weight excluding hydrogens is 265 g/mol. The first-order valence-electron chi connectivity index (χ1n) is 6.33. The van der Waals surface area contributed by atoms with Gasteiger partial charge in [-0.25, -0.2) is 4.39 Å². The van der Waals surface area contributed by atoms with Crippen LogP contribution in [0.5, 0.6) is 0 Å². The molecule has 0 saturated carbocycles. The van der Waals surface area contributed by atoms with Crippen molar-refractivity contribution in [3.63, 3.8) is 0 Å². The van der Waals surface area contributed by atoms with Crippen molar-refractivity contribution in [3.05, 3.63) is 58.3 Å². The normalized spacial score (nSPS) is 12.6. The molecule has 0 spiro atoms. The first-order valence-corrected chi connectivity index (χ1v) is 6.71. The SMILES string of the molecule is CCc1occc1C(Cc1cc(F)ccc1Cl)NC. The van der Waals surface area contributed by atoms with Crippen molar-refractivity contribution < 1.29 is 8.81 Å². The van der Waals surface area contributed by atoms with Gasteiger partial charge in [-0.2, -0.15) is 0 Å². The number of likely N-dealkylation sites (N-methyl/N-ethyl adjacent to an activating group) is 1. The molecule has 0 radical (unpaired) electrons. The first kappa shape index (κ1) is 14.1. The summed E-state index contributed by atoms with van der Waals surface area (Å²) in [6.07, 6.45) is 3.14. The molecule has 1 aromatic carbocycles. The monoisotopic (exact) mass is 281 g/mol. The van der Waals surface area contributed by atoms with Gasteiger partial charge < -0.3 is 9.73 Å². The third-order valence-corrected chi connectivity index (χ3v) is 3.63. The van der Waals surface area contributed by atoms with E-state index in [0.717, 1.165) is 23.3 Å². The fourth-order valence-corrected chi connectivity index (χ4v) is 2.43. The first-order chi connectivity index (χ1) is 9.15. The third-order valence-electron chi connectivity index (χ3n) is 3.26. The highest BCUT2D eigenvalue weighted by Gasteiger charge is 2.17. The van der Waals surface area contributed by atoms with Gasteiger partial charge in [0, 0.05) is 23.0 Å². The Morgan fingerprint density at radius 2 is 2.16 bits per heavy atom. The molecule has 2 aromatic rings. The summed E-state index contributed by atoms with van der Waals surface area (Å²) in [5.41, 5.74) is 1.90. The summed E-state index contributed by atoms with van der Waals surface area (Å²) in [5.74, 6) is 0.684. The minimum atomic E-state index is -0.267. The minimum Gasteiger partial charge on any atom is -0.469 e. The van der Waals surface area contributed by atoms with Crippen LogP contribution in [0.4, 0.5) is 4.39 Å². The summed E-state index contributed by atoms with van der Waals surface area (Å²) in [5, 5.41) is 3.82. The molecule has 2 nitrogen and oxygen atoms in total.